The van der Waals surface area contributed by atoms with E-state index in [9.17, 15) is 9.59 Å². The van der Waals surface area contributed by atoms with Gasteiger partial charge in [0.05, 0.1) is 6.42 Å². The fraction of sp³-hybridized carbons (Fsp3) is 0.0870. The maximum atomic E-state index is 12.3. The summed E-state index contributed by atoms with van der Waals surface area (Å²) >= 11 is 5.22. The monoisotopic (exact) mass is 403 g/mol. The van der Waals surface area contributed by atoms with Gasteiger partial charge in [0, 0.05) is 16.9 Å². The van der Waals surface area contributed by atoms with Crippen molar-refractivity contribution in [2.24, 2.45) is 0 Å². The number of rotatable bonds is 5. The molecule has 29 heavy (non-hydrogen) atoms. The third kappa shape index (κ3) is 5.99. The number of anilines is 2. The zero-order chi connectivity index (χ0) is 20.6. The van der Waals surface area contributed by atoms with Crippen LogP contribution >= 0.6 is 12.2 Å². The highest BCUT2D eigenvalue weighted by atomic mass is 32.1. The van der Waals surface area contributed by atoms with Crippen LogP contribution in [0.15, 0.2) is 78.9 Å². The number of thiocarbonyl (C=S) groups is 1. The van der Waals surface area contributed by atoms with Crippen LogP contribution in [0.5, 0.6) is 0 Å². The van der Waals surface area contributed by atoms with Gasteiger partial charge < -0.3 is 10.6 Å². The molecule has 3 N–H and O–H groups in total. The Morgan fingerprint density at radius 1 is 0.793 bits per heavy atom. The molecule has 5 nitrogen and oxygen atoms in total. The fourth-order valence-corrected chi connectivity index (χ4v) is 2.99. The highest BCUT2D eigenvalue weighted by molar-refractivity contribution is 7.80. The molecule has 2 amide bonds. The van der Waals surface area contributed by atoms with E-state index in [4.69, 9.17) is 12.2 Å². The first kappa shape index (κ1) is 20.2. The molecule has 0 fully saturated rings. The Morgan fingerprint density at radius 2 is 1.38 bits per heavy atom. The van der Waals surface area contributed by atoms with Crippen molar-refractivity contribution in [1.29, 1.82) is 0 Å². The molecule has 0 aliphatic rings. The predicted octanol–water partition coefficient (Wildman–Crippen LogP) is 4.30. The summed E-state index contributed by atoms with van der Waals surface area (Å²) < 4.78 is 0. The Balaban J connectivity index is 1.52. The van der Waals surface area contributed by atoms with Gasteiger partial charge >= 0.3 is 0 Å². The lowest BCUT2D eigenvalue weighted by atomic mass is 10.1. The minimum absolute atomic E-state index is 0.0853. The van der Waals surface area contributed by atoms with Gasteiger partial charge in [-0.05, 0) is 60.6 Å². The third-order valence-corrected chi connectivity index (χ3v) is 4.45. The lowest BCUT2D eigenvalue weighted by molar-refractivity contribution is -0.115. The molecule has 0 radical (unpaired) electrons. The summed E-state index contributed by atoms with van der Waals surface area (Å²) in [5, 5.41) is 8.71. The van der Waals surface area contributed by atoms with Crippen LogP contribution < -0.4 is 16.0 Å². The molecule has 0 heterocycles. The van der Waals surface area contributed by atoms with Gasteiger partial charge in [-0.2, -0.15) is 0 Å². The fourth-order valence-electron chi connectivity index (χ4n) is 2.78. The molecule has 0 atom stereocenters. The molecular formula is C23H21N3O2S. The first-order chi connectivity index (χ1) is 14.0. The normalized spacial score (nSPS) is 10.1. The van der Waals surface area contributed by atoms with Gasteiger partial charge in [-0.15, -0.1) is 0 Å². The zero-order valence-corrected chi connectivity index (χ0v) is 16.8. The van der Waals surface area contributed by atoms with Crippen LogP contribution in [-0.2, 0) is 11.2 Å². The lowest BCUT2D eigenvalue weighted by Crippen LogP contribution is -2.34. The standard InChI is InChI=1S/C23H21N3O2S/c1-16-7-5-6-10-20(16)22(28)26-23(29)25-19-13-11-18(12-14-19)24-21(27)15-17-8-3-2-4-9-17/h2-14H,15H2,1H3,(H,24,27)(H2,25,26,28,29). The second-order valence-corrected chi connectivity index (χ2v) is 6.92. The second-order valence-electron chi connectivity index (χ2n) is 6.51. The molecule has 0 saturated carbocycles. The van der Waals surface area contributed by atoms with Crippen molar-refractivity contribution in [2.75, 3.05) is 10.6 Å². The topological polar surface area (TPSA) is 70.2 Å². The highest BCUT2D eigenvalue weighted by Gasteiger charge is 2.10. The second kappa shape index (κ2) is 9.61. The van der Waals surface area contributed by atoms with Gasteiger partial charge in [-0.3, -0.25) is 14.9 Å². The molecule has 0 aliphatic carbocycles. The summed E-state index contributed by atoms with van der Waals surface area (Å²) in [5.74, 6) is -0.344. The van der Waals surface area contributed by atoms with E-state index in [-0.39, 0.29) is 16.9 Å². The van der Waals surface area contributed by atoms with E-state index < -0.39 is 0 Å². The van der Waals surface area contributed by atoms with E-state index in [1.54, 1.807) is 30.3 Å². The van der Waals surface area contributed by atoms with Crippen molar-refractivity contribution in [3.05, 3.63) is 95.6 Å². The first-order valence-electron chi connectivity index (χ1n) is 9.13. The molecule has 0 aromatic heterocycles. The van der Waals surface area contributed by atoms with E-state index >= 15 is 0 Å². The number of amides is 2. The summed E-state index contributed by atoms with van der Waals surface area (Å²) in [6.45, 7) is 1.87. The summed E-state index contributed by atoms with van der Waals surface area (Å²) in [6, 6.07) is 24.0. The molecular weight excluding hydrogens is 382 g/mol. The van der Waals surface area contributed by atoms with Crippen LogP contribution in [0, 0.1) is 6.92 Å². The number of carbonyl (C=O) groups is 2. The average Bonchev–Trinajstić information content (AvgIpc) is 2.70. The summed E-state index contributed by atoms with van der Waals surface area (Å²) in [6.07, 6.45) is 0.315. The van der Waals surface area contributed by atoms with Crippen LogP contribution in [0.25, 0.3) is 0 Å². The summed E-state index contributed by atoms with van der Waals surface area (Å²) in [5.41, 5.74) is 3.81. The number of hydrogen-bond donors (Lipinski definition) is 3. The number of carbonyl (C=O) groups excluding carboxylic acids is 2. The van der Waals surface area contributed by atoms with Gasteiger partial charge in [0.1, 0.15) is 0 Å². The van der Waals surface area contributed by atoms with E-state index in [2.05, 4.69) is 16.0 Å². The molecule has 0 aliphatic heterocycles. The smallest absolute Gasteiger partial charge is 0.257 e. The third-order valence-electron chi connectivity index (χ3n) is 4.25. The van der Waals surface area contributed by atoms with Crippen LogP contribution in [-0.4, -0.2) is 16.9 Å². The van der Waals surface area contributed by atoms with Gasteiger partial charge in [-0.25, -0.2) is 0 Å². The summed E-state index contributed by atoms with van der Waals surface area (Å²) in [4.78, 5) is 24.4. The predicted molar refractivity (Wildman–Crippen MR) is 120 cm³/mol. The Labute approximate surface area is 175 Å². The Hall–Kier alpha value is -3.51. The zero-order valence-electron chi connectivity index (χ0n) is 15.9. The highest BCUT2D eigenvalue weighted by Crippen LogP contribution is 2.14. The maximum absolute atomic E-state index is 12.3. The van der Waals surface area contributed by atoms with Crippen LogP contribution in [0.1, 0.15) is 21.5 Å². The van der Waals surface area contributed by atoms with Gasteiger partial charge in [0.25, 0.3) is 5.91 Å². The molecule has 0 saturated heterocycles. The Morgan fingerprint density at radius 3 is 2.03 bits per heavy atom. The van der Waals surface area contributed by atoms with Crippen molar-refractivity contribution >= 4 is 40.5 Å². The van der Waals surface area contributed by atoms with Crippen molar-refractivity contribution in [1.82, 2.24) is 5.32 Å². The Kier molecular flexibility index (Phi) is 6.71. The molecule has 0 spiro atoms. The lowest BCUT2D eigenvalue weighted by Gasteiger charge is -2.11. The molecule has 3 aromatic rings. The van der Waals surface area contributed by atoms with Crippen LogP contribution in [0.2, 0.25) is 0 Å². The minimum atomic E-state index is -0.259. The summed E-state index contributed by atoms with van der Waals surface area (Å²) in [7, 11) is 0. The van der Waals surface area contributed by atoms with Gasteiger partial charge in [-0.1, -0.05) is 48.5 Å². The van der Waals surface area contributed by atoms with Crippen molar-refractivity contribution in [3.63, 3.8) is 0 Å². The first-order valence-corrected chi connectivity index (χ1v) is 9.54. The molecule has 0 unspecified atom stereocenters. The van der Waals surface area contributed by atoms with E-state index in [0.717, 1.165) is 11.1 Å². The van der Waals surface area contributed by atoms with Crippen molar-refractivity contribution < 1.29 is 9.59 Å². The number of hydrogen-bond acceptors (Lipinski definition) is 3. The van der Waals surface area contributed by atoms with Crippen LogP contribution in [0.3, 0.4) is 0 Å². The number of benzene rings is 3. The quantitative estimate of drug-likeness (QED) is 0.556. The number of nitrogens with one attached hydrogen (secondary N) is 3. The minimum Gasteiger partial charge on any atom is -0.332 e. The van der Waals surface area contributed by atoms with Gasteiger partial charge in [0.2, 0.25) is 5.91 Å². The number of aryl methyl sites for hydroxylation is 1. The van der Waals surface area contributed by atoms with Crippen molar-refractivity contribution in [2.45, 2.75) is 13.3 Å². The van der Waals surface area contributed by atoms with E-state index in [1.807, 2.05) is 55.5 Å². The molecule has 146 valence electrons. The van der Waals surface area contributed by atoms with E-state index in [1.165, 1.54) is 0 Å². The maximum Gasteiger partial charge on any atom is 0.257 e. The molecule has 0 bridgehead atoms. The molecule has 6 heteroatoms. The molecule has 3 rings (SSSR count). The molecule has 3 aromatic carbocycles. The average molecular weight is 404 g/mol. The van der Waals surface area contributed by atoms with E-state index in [0.29, 0.717) is 23.4 Å². The largest absolute Gasteiger partial charge is 0.332 e. The van der Waals surface area contributed by atoms with Crippen LogP contribution in [0.4, 0.5) is 11.4 Å². The van der Waals surface area contributed by atoms with Gasteiger partial charge in [0.15, 0.2) is 5.11 Å². The SMILES string of the molecule is Cc1ccccc1C(=O)NC(=S)Nc1ccc(NC(=O)Cc2ccccc2)cc1. The Bertz CT molecular complexity index is 1020. The van der Waals surface area contributed by atoms with Crippen molar-refractivity contribution in [3.8, 4) is 0 Å².